The standard InChI is InChI=1S/C29H28BrFN4O5/c1-5-17(2)28-34-22-11-10-19(30)14-20(22)29(37)35(28)32-15-18-12-24(38-3)27(25(13-18)39-4)40-16-26(36)33-23-9-7-6-8-21(23)31/h6-15,17H,5,16H2,1-4H3,(H,33,36)/t17-/m0/s1. The van der Waals surface area contributed by atoms with Gasteiger partial charge in [-0.3, -0.25) is 9.59 Å². The molecule has 0 saturated carbocycles. The van der Waals surface area contributed by atoms with Crippen molar-refractivity contribution in [1.29, 1.82) is 0 Å². The van der Waals surface area contributed by atoms with Gasteiger partial charge in [0.05, 0.1) is 37.0 Å². The molecule has 1 amide bonds. The number of benzene rings is 3. The summed E-state index contributed by atoms with van der Waals surface area (Å²) in [6, 6.07) is 14.5. The summed E-state index contributed by atoms with van der Waals surface area (Å²) in [5.74, 6) is 0.128. The van der Waals surface area contributed by atoms with Gasteiger partial charge in [0.2, 0.25) is 5.75 Å². The number of para-hydroxylation sites is 1. The number of anilines is 1. The van der Waals surface area contributed by atoms with Crippen molar-refractivity contribution < 1.29 is 23.4 Å². The van der Waals surface area contributed by atoms with Crippen LogP contribution >= 0.6 is 15.9 Å². The second kappa shape index (κ2) is 12.7. The lowest BCUT2D eigenvalue weighted by atomic mass is 10.1. The van der Waals surface area contributed by atoms with Crippen molar-refractivity contribution in [2.45, 2.75) is 26.2 Å². The summed E-state index contributed by atoms with van der Waals surface area (Å²) >= 11 is 3.41. The van der Waals surface area contributed by atoms with Crippen LogP contribution in [0.15, 0.2) is 69.0 Å². The highest BCUT2D eigenvalue weighted by atomic mass is 79.9. The van der Waals surface area contributed by atoms with Gasteiger partial charge in [-0.05, 0) is 48.9 Å². The molecule has 0 unspecified atom stereocenters. The number of carbonyl (C=O) groups is 1. The lowest BCUT2D eigenvalue weighted by Crippen LogP contribution is -2.23. The number of methoxy groups -OCH3 is 2. The molecule has 0 aliphatic rings. The number of carbonyl (C=O) groups excluding carboxylic acids is 1. The Morgan fingerprint density at radius 1 is 1.15 bits per heavy atom. The highest BCUT2D eigenvalue weighted by molar-refractivity contribution is 9.10. The van der Waals surface area contributed by atoms with Crippen molar-refractivity contribution in [3.05, 3.63) is 86.6 Å². The van der Waals surface area contributed by atoms with E-state index in [4.69, 9.17) is 19.2 Å². The van der Waals surface area contributed by atoms with Crippen molar-refractivity contribution in [1.82, 2.24) is 9.66 Å². The summed E-state index contributed by atoms with van der Waals surface area (Å²) < 4.78 is 32.6. The number of hydrogen-bond acceptors (Lipinski definition) is 7. The minimum atomic E-state index is -0.563. The van der Waals surface area contributed by atoms with Crippen molar-refractivity contribution in [2.24, 2.45) is 5.10 Å². The number of halogens is 2. The van der Waals surface area contributed by atoms with E-state index in [9.17, 15) is 14.0 Å². The van der Waals surface area contributed by atoms with Gasteiger partial charge in [-0.1, -0.05) is 41.9 Å². The Labute approximate surface area is 238 Å². The third-order valence-electron chi connectivity index (χ3n) is 6.19. The number of amides is 1. The Morgan fingerprint density at radius 3 is 2.50 bits per heavy atom. The molecule has 3 aromatic carbocycles. The van der Waals surface area contributed by atoms with Gasteiger partial charge in [0, 0.05) is 16.0 Å². The van der Waals surface area contributed by atoms with E-state index in [1.165, 1.54) is 43.3 Å². The number of nitrogens with zero attached hydrogens (tertiary/aromatic N) is 3. The number of hydrogen-bond donors (Lipinski definition) is 1. The molecule has 40 heavy (non-hydrogen) atoms. The first-order valence-electron chi connectivity index (χ1n) is 12.5. The molecule has 1 aromatic heterocycles. The minimum absolute atomic E-state index is 0.0201. The van der Waals surface area contributed by atoms with E-state index in [1.54, 1.807) is 30.3 Å². The van der Waals surface area contributed by atoms with Crippen molar-refractivity contribution >= 4 is 44.6 Å². The van der Waals surface area contributed by atoms with Gasteiger partial charge in [-0.25, -0.2) is 9.37 Å². The molecule has 0 fully saturated rings. The van der Waals surface area contributed by atoms with Crippen molar-refractivity contribution in [3.8, 4) is 17.2 Å². The van der Waals surface area contributed by atoms with Gasteiger partial charge < -0.3 is 19.5 Å². The third-order valence-corrected chi connectivity index (χ3v) is 6.68. The average Bonchev–Trinajstić information content (AvgIpc) is 2.96. The zero-order valence-corrected chi connectivity index (χ0v) is 24.0. The number of fused-ring (bicyclic) bond motifs is 1. The molecular weight excluding hydrogens is 583 g/mol. The molecule has 1 N–H and O–H groups in total. The molecule has 0 saturated heterocycles. The number of nitrogens with one attached hydrogen (secondary N) is 1. The minimum Gasteiger partial charge on any atom is -0.493 e. The summed E-state index contributed by atoms with van der Waals surface area (Å²) in [5, 5.41) is 7.38. The molecule has 0 spiro atoms. The largest absolute Gasteiger partial charge is 0.493 e. The van der Waals surface area contributed by atoms with Gasteiger partial charge in [-0.2, -0.15) is 9.78 Å². The monoisotopic (exact) mass is 610 g/mol. The predicted octanol–water partition coefficient (Wildman–Crippen LogP) is 5.73. The van der Waals surface area contributed by atoms with E-state index in [1.807, 2.05) is 19.9 Å². The van der Waals surface area contributed by atoms with Crippen molar-refractivity contribution in [2.75, 3.05) is 26.1 Å². The molecule has 1 atom stereocenters. The average molecular weight is 611 g/mol. The van der Waals surface area contributed by atoms with Gasteiger partial charge in [0.1, 0.15) is 11.6 Å². The van der Waals surface area contributed by atoms with E-state index in [-0.39, 0.29) is 34.4 Å². The molecule has 0 bridgehead atoms. The normalized spacial score (nSPS) is 11.9. The lowest BCUT2D eigenvalue weighted by Gasteiger charge is -2.16. The summed E-state index contributed by atoms with van der Waals surface area (Å²) in [5.41, 5.74) is 0.897. The smallest absolute Gasteiger partial charge is 0.282 e. The molecular formula is C29H28BrFN4O5. The number of rotatable bonds is 10. The SMILES string of the molecule is CC[C@H](C)c1nc2ccc(Br)cc2c(=O)n1N=Cc1cc(OC)c(OCC(=O)Nc2ccccc2F)c(OC)c1. The van der Waals surface area contributed by atoms with E-state index in [0.717, 1.165) is 10.9 Å². The fourth-order valence-corrected chi connectivity index (χ4v) is 4.27. The Kier molecular flexibility index (Phi) is 9.15. The topological polar surface area (TPSA) is 104 Å². The third kappa shape index (κ3) is 6.31. The van der Waals surface area contributed by atoms with Crippen LogP contribution < -0.4 is 25.1 Å². The Balaban J connectivity index is 1.64. The fourth-order valence-electron chi connectivity index (χ4n) is 3.91. The summed E-state index contributed by atoms with van der Waals surface area (Å²) in [6.45, 7) is 3.58. The highest BCUT2D eigenvalue weighted by Crippen LogP contribution is 2.38. The first-order chi connectivity index (χ1) is 19.2. The quantitative estimate of drug-likeness (QED) is 0.230. The Hall–Kier alpha value is -4.25. The van der Waals surface area contributed by atoms with Crippen LogP contribution in [0.1, 0.15) is 37.6 Å². The van der Waals surface area contributed by atoms with Crippen LogP contribution in [-0.4, -0.2) is 42.6 Å². The van der Waals surface area contributed by atoms with Gasteiger partial charge in [0.25, 0.3) is 11.5 Å². The molecule has 4 aromatic rings. The fraction of sp³-hybridized carbons (Fsp3) is 0.241. The van der Waals surface area contributed by atoms with E-state index < -0.39 is 18.3 Å². The van der Waals surface area contributed by atoms with Crippen LogP contribution in [0.3, 0.4) is 0 Å². The summed E-state index contributed by atoms with van der Waals surface area (Å²) in [7, 11) is 2.89. The molecule has 208 valence electrons. The van der Waals surface area contributed by atoms with Crippen LogP contribution in [0.25, 0.3) is 10.9 Å². The maximum Gasteiger partial charge on any atom is 0.282 e. The summed E-state index contributed by atoms with van der Waals surface area (Å²) in [4.78, 5) is 30.5. The van der Waals surface area contributed by atoms with E-state index >= 15 is 0 Å². The first-order valence-corrected chi connectivity index (χ1v) is 13.2. The Bertz CT molecular complexity index is 1610. The predicted molar refractivity (Wildman–Crippen MR) is 155 cm³/mol. The molecule has 0 aliphatic heterocycles. The van der Waals surface area contributed by atoms with Crippen LogP contribution in [0.4, 0.5) is 10.1 Å². The van der Waals surface area contributed by atoms with Crippen LogP contribution in [0.5, 0.6) is 17.2 Å². The van der Waals surface area contributed by atoms with E-state index in [0.29, 0.717) is 22.3 Å². The maximum absolute atomic E-state index is 13.9. The first kappa shape index (κ1) is 28.8. The molecule has 1 heterocycles. The van der Waals surface area contributed by atoms with Gasteiger partial charge in [-0.15, -0.1) is 0 Å². The second-order valence-electron chi connectivity index (χ2n) is 8.87. The zero-order valence-electron chi connectivity index (χ0n) is 22.4. The molecule has 11 heteroatoms. The highest BCUT2D eigenvalue weighted by Gasteiger charge is 2.18. The molecule has 0 radical (unpaired) electrons. The lowest BCUT2D eigenvalue weighted by molar-refractivity contribution is -0.118. The zero-order chi connectivity index (χ0) is 28.8. The molecule has 9 nitrogen and oxygen atoms in total. The van der Waals surface area contributed by atoms with Crippen LogP contribution in [-0.2, 0) is 4.79 Å². The summed E-state index contributed by atoms with van der Waals surface area (Å²) in [6.07, 6.45) is 2.26. The van der Waals surface area contributed by atoms with Gasteiger partial charge in [0.15, 0.2) is 18.1 Å². The Morgan fingerprint density at radius 2 is 1.85 bits per heavy atom. The molecule has 4 rings (SSSR count). The maximum atomic E-state index is 13.9. The van der Waals surface area contributed by atoms with Gasteiger partial charge >= 0.3 is 0 Å². The van der Waals surface area contributed by atoms with E-state index in [2.05, 4.69) is 26.3 Å². The number of aromatic nitrogens is 2. The van der Waals surface area contributed by atoms with Crippen molar-refractivity contribution in [3.63, 3.8) is 0 Å². The van der Waals surface area contributed by atoms with Crippen LogP contribution in [0, 0.1) is 5.82 Å². The second-order valence-corrected chi connectivity index (χ2v) is 9.79. The molecule has 0 aliphatic carbocycles. The van der Waals surface area contributed by atoms with Crippen LogP contribution in [0.2, 0.25) is 0 Å². The number of ether oxygens (including phenoxy) is 3.